The Labute approximate surface area is 138 Å². The van der Waals surface area contributed by atoms with Gasteiger partial charge < -0.3 is 4.74 Å². The molecule has 2 heteroatoms. The van der Waals surface area contributed by atoms with Crippen molar-refractivity contribution in [1.82, 2.24) is 4.90 Å². The van der Waals surface area contributed by atoms with Gasteiger partial charge in [0.1, 0.15) is 5.75 Å². The molecule has 3 unspecified atom stereocenters. The highest BCUT2D eigenvalue weighted by molar-refractivity contribution is 5.61. The molecule has 23 heavy (non-hydrogen) atoms. The van der Waals surface area contributed by atoms with Crippen molar-refractivity contribution in [3.8, 4) is 5.75 Å². The number of benzene rings is 1. The smallest absolute Gasteiger partial charge is 0.119 e. The number of allylic oxidation sites excluding steroid dienone is 1. The molecule has 0 amide bonds. The van der Waals surface area contributed by atoms with Crippen molar-refractivity contribution < 1.29 is 4.74 Å². The van der Waals surface area contributed by atoms with Gasteiger partial charge in [0.25, 0.3) is 0 Å². The first-order chi connectivity index (χ1) is 11.3. The molecule has 1 aromatic carbocycles. The van der Waals surface area contributed by atoms with Gasteiger partial charge in [-0.25, -0.2) is 0 Å². The first-order valence-electron chi connectivity index (χ1n) is 9.42. The average Bonchev–Trinajstić information content (AvgIpc) is 3.47. The van der Waals surface area contributed by atoms with Crippen LogP contribution in [0.5, 0.6) is 5.75 Å². The van der Waals surface area contributed by atoms with Crippen LogP contribution in [-0.4, -0.2) is 30.1 Å². The lowest BCUT2D eigenvalue weighted by atomic mass is 9.63. The third-order valence-electron chi connectivity index (χ3n) is 7.43. The molecule has 0 radical (unpaired) electrons. The maximum Gasteiger partial charge on any atom is 0.119 e. The molecule has 4 aliphatic carbocycles. The number of ether oxygens (including phenoxy) is 1. The Hall–Kier alpha value is -1.28. The molecule has 2 saturated carbocycles. The average molecular weight is 307 g/mol. The van der Waals surface area contributed by atoms with Gasteiger partial charge in [0.05, 0.1) is 13.2 Å². The normalized spacial score (nSPS) is 42.4. The van der Waals surface area contributed by atoms with Gasteiger partial charge in [-0.05, 0) is 79.7 Å². The number of methoxy groups -OCH3 is 1. The van der Waals surface area contributed by atoms with Crippen LogP contribution in [0.4, 0.5) is 0 Å². The summed E-state index contributed by atoms with van der Waals surface area (Å²) in [6.45, 7) is 1.36. The molecule has 6 rings (SSSR count). The largest absolute Gasteiger partial charge is 0.497 e. The molecule has 3 fully saturated rings. The van der Waals surface area contributed by atoms with Gasteiger partial charge in [-0.1, -0.05) is 12.1 Å². The Morgan fingerprint density at radius 2 is 2.22 bits per heavy atom. The zero-order chi connectivity index (χ0) is 15.2. The molecule has 1 saturated heterocycles. The topological polar surface area (TPSA) is 12.2 Å². The van der Waals surface area contributed by atoms with Crippen LogP contribution in [-0.2, 0) is 11.8 Å². The number of nitrogens with zero attached hydrogens (tertiary/aromatic N) is 1. The SMILES string of the molecule is COc1ccc2c(c1)C13CCCC=C1[C@@H]1N(CC4CC4)C1(C2)C3. The predicted octanol–water partition coefficient (Wildman–Crippen LogP) is 3.84. The minimum atomic E-state index is 0.352. The fourth-order valence-electron chi connectivity index (χ4n) is 6.30. The van der Waals surface area contributed by atoms with Crippen LogP contribution in [0.2, 0.25) is 0 Å². The molecule has 2 spiro atoms. The summed E-state index contributed by atoms with van der Waals surface area (Å²) in [7, 11) is 1.80. The van der Waals surface area contributed by atoms with Gasteiger partial charge in [-0.3, -0.25) is 4.90 Å². The number of likely N-dealkylation sites (tertiary alicyclic amines) is 1. The lowest BCUT2D eigenvalue weighted by Gasteiger charge is -2.43. The maximum absolute atomic E-state index is 5.55. The molecule has 1 aliphatic heterocycles. The number of fused-ring (bicyclic) bond motifs is 2. The quantitative estimate of drug-likeness (QED) is 0.621. The molecule has 0 aromatic heterocycles. The third-order valence-corrected chi connectivity index (χ3v) is 7.43. The minimum Gasteiger partial charge on any atom is -0.497 e. The molecule has 2 nitrogen and oxygen atoms in total. The molecule has 5 aliphatic rings. The maximum atomic E-state index is 5.55. The van der Waals surface area contributed by atoms with E-state index in [-0.39, 0.29) is 0 Å². The molecule has 120 valence electrons. The second kappa shape index (κ2) is 4.03. The van der Waals surface area contributed by atoms with Crippen LogP contribution < -0.4 is 4.74 Å². The first kappa shape index (κ1) is 13.1. The zero-order valence-electron chi connectivity index (χ0n) is 14.0. The molecule has 0 N–H and O–H groups in total. The van der Waals surface area contributed by atoms with Gasteiger partial charge in [-0.15, -0.1) is 0 Å². The van der Waals surface area contributed by atoms with E-state index in [0.717, 1.165) is 17.7 Å². The summed E-state index contributed by atoms with van der Waals surface area (Å²) in [4.78, 5) is 2.88. The van der Waals surface area contributed by atoms with Crippen LogP contribution in [0.15, 0.2) is 29.8 Å². The van der Waals surface area contributed by atoms with E-state index in [1.165, 1.54) is 51.5 Å². The third kappa shape index (κ3) is 1.49. The summed E-state index contributed by atoms with van der Waals surface area (Å²) in [6, 6.07) is 7.66. The van der Waals surface area contributed by atoms with Crippen molar-refractivity contribution in [2.45, 2.75) is 61.9 Å². The van der Waals surface area contributed by atoms with Gasteiger partial charge in [0.15, 0.2) is 0 Å². The highest BCUT2D eigenvalue weighted by Crippen LogP contribution is 2.71. The molecule has 4 atom stereocenters. The lowest BCUT2D eigenvalue weighted by Crippen LogP contribution is -2.41. The van der Waals surface area contributed by atoms with Crippen LogP contribution in [0.1, 0.15) is 49.7 Å². The molecular weight excluding hydrogens is 282 g/mol. The Balaban J connectivity index is 1.50. The summed E-state index contributed by atoms with van der Waals surface area (Å²) in [5.74, 6) is 2.04. The van der Waals surface area contributed by atoms with E-state index in [4.69, 9.17) is 4.74 Å². The van der Waals surface area contributed by atoms with E-state index >= 15 is 0 Å². The van der Waals surface area contributed by atoms with Crippen LogP contribution in [0.3, 0.4) is 0 Å². The Morgan fingerprint density at radius 3 is 3.04 bits per heavy atom. The van der Waals surface area contributed by atoms with E-state index in [1.807, 2.05) is 0 Å². The van der Waals surface area contributed by atoms with E-state index in [0.29, 0.717) is 11.0 Å². The first-order valence-corrected chi connectivity index (χ1v) is 9.42. The second-order valence-electron chi connectivity index (χ2n) is 8.61. The van der Waals surface area contributed by atoms with Crippen molar-refractivity contribution in [2.24, 2.45) is 5.92 Å². The predicted molar refractivity (Wildman–Crippen MR) is 90.9 cm³/mol. The summed E-state index contributed by atoms with van der Waals surface area (Å²) < 4.78 is 5.55. The van der Waals surface area contributed by atoms with Crippen molar-refractivity contribution in [1.29, 1.82) is 0 Å². The van der Waals surface area contributed by atoms with Crippen LogP contribution in [0.25, 0.3) is 0 Å². The zero-order valence-corrected chi connectivity index (χ0v) is 14.0. The molecular formula is C21H25NO. The summed E-state index contributed by atoms with van der Waals surface area (Å²) >= 11 is 0. The van der Waals surface area contributed by atoms with Gasteiger partial charge >= 0.3 is 0 Å². The standard InChI is InChI=1S/C21H25NO/c1-23-16-8-7-15-11-21-13-20(18(15)10-16)9-3-2-4-17(20)19(21)22(21)12-14-5-6-14/h4,7-8,10,14,19H,2-3,5-6,9,11-13H2,1H3/t19-,20?,21?,22?/m0/s1. The fourth-order valence-corrected chi connectivity index (χ4v) is 6.30. The molecule has 1 aromatic rings. The summed E-state index contributed by atoms with van der Waals surface area (Å²) in [5.41, 5.74) is 5.83. The van der Waals surface area contributed by atoms with Crippen molar-refractivity contribution in [2.75, 3.05) is 13.7 Å². The molecule has 1 heterocycles. The number of piperidine rings is 1. The summed E-state index contributed by atoms with van der Waals surface area (Å²) in [5, 5.41) is 0. The van der Waals surface area contributed by atoms with Crippen molar-refractivity contribution in [3.63, 3.8) is 0 Å². The van der Waals surface area contributed by atoms with E-state index in [9.17, 15) is 0 Å². The van der Waals surface area contributed by atoms with Crippen LogP contribution in [0, 0.1) is 5.92 Å². The molecule has 2 bridgehead atoms. The lowest BCUT2D eigenvalue weighted by molar-refractivity contribution is 0.261. The Morgan fingerprint density at radius 1 is 1.30 bits per heavy atom. The highest BCUT2D eigenvalue weighted by Gasteiger charge is 2.75. The van der Waals surface area contributed by atoms with Crippen LogP contribution >= 0.6 is 0 Å². The minimum absolute atomic E-state index is 0.352. The Bertz CT molecular complexity index is 733. The monoisotopic (exact) mass is 307 g/mol. The van der Waals surface area contributed by atoms with Gasteiger partial charge in [0, 0.05) is 17.5 Å². The van der Waals surface area contributed by atoms with E-state index in [1.54, 1.807) is 23.8 Å². The van der Waals surface area contributed by atoms with Crippen molar-refractivity contribution >= 4 is 0 Å². The number of rotatable bonds is 3. The highest BCUT2D eigenvalue weighted by atomic mass is 16.5. The second-order valence-corrected chi connectivity index (χ2v) is 8.61. The number of hydrogen-bond donors (Lipinski definition) is 0. The Kier molecular flexibility index (Phi) is 2.29. The van der Waals surface area contributed by atoms with Gasteiger partial charge in [-0.2, -0.15) is 0 Å². The summed E-state index contributed by atoms with van der Waals surface area (Å²) in [6.07, 6.45) is 12.2. The van der Waals surface area contributed by atoms with Gasteiger partial charge in [0.2, 0.25) is 0 Å². The fraction of sp³-hybridized carbons (Fsp3) is 0.619. The van der Waals surface area contributed by atoms with Crippen molar-refractivity contribution in [3.05, 3.63) is 41.0 Å². The van der Waals surface area contributed by atoms with E-state index < -0.39 is 0 Å². The van der Waals surface area contributed by atoms with E-state index in [2.05, 4.69) is 29.2 Å². The number of hydrogen-bond acceptors (Lipinski definition) is 2.